The molecule has 7 heteroatoms. The van der Waals surface area contributed by atoms with Gasteiger partial charge >= 0.3 is 0 Å². The van der Waals surface area contributed by atoms with E-state index in [1.165, 1.54) is 4.88 Å². The first-order valence-corrected chi connectivity index (χ1v) is 7.83. The monoisotopic (exact) mass is 305 g/mol. The van der Waals surface area contributed by atoms with Crippen molar-refractivity contribution in [2.45, 2.75) is 26.1 Å². The van der Waals surface area contributed by atoms with E-state index in [-0.39, 0.29) is 11.9 Å². The molecule has 0 saturated carbocycles. The number of rotatable bonds is 3. The molecule has 1 amide bonds. The number of likely N-dealkylation sites (N-methyl/N-ethyl adjacent to an activating group) is 1. The van der Waals surface area contributed by atoms with Gasteiger partial charge in [0.15, 0.2) is 11.9 Å². The summed E-state index contributed by atoms with van der Waals surface area (Å²) in [5.41, 5.74) is 0. The number of carbonyl (C=O) groups excluding carboxylic acids is 1. The molecule has 0 fully saturated rings. The lowest BCUT2D eigenvalue weighted by Gasteiger charge is -2.35. The molecule has 1 aliphatic heterocycles. The number of nitrogens with zero attached hydrogens (tertiary/aromatic N) is 5. The molecule has 2 aromatic heterocycles. The van der Waals surface area contributed by atoms with Gasteiger partial charge in [0.1, 0.15) is 5.82 Å². The first-order chi connectivity index (χ1) is 10.1. The van der Waals surface area contributed by atoms with Gasteiger partial charge in [0, 0.05) is 38.6 Å². The van der Waals surface area contributed by atoms with Crippen LogP contribution in [0, 0.1) is 6.92 Å². The quantitative estimate of drug-likeness (QED) is 0.857. The van der Waals surface area contributed by atoms with Crippen molar-refractivity contribution >= 4 is 17.2 Å². The van der Waals surface area contributed by atoms with E-state index in [1.54, 1.807) is 30.3 Å². The summed E-state index contributed by atoms with van der Waals surface area (Å²) in [6.45, 7) is 4.36. The van der Waals surface area contributed by atoms with Gasteiger partial charge in [-0.05, 0) is 18.4 Å². The number of aryl methyl sites for hydroxylation is 1. The molecule has 0 N–H and O–H groups in total. The Morgan fingerprint density at radius 1 is 1.43 bits per heavy atom. The summed E-state index contributed by atoms with van der Waals surface area (Å²) in [5.74, 6) is 1.69. The predicted molar refractivity (Wildman–Crippen MR) is 80.9 cm³/mol. The summed E-state index contributed by atoms with van der Waals surface area (Å²) in [6, 6.07) is 3.79. The van der Waals surface area contributed by atoms with Gasteiger partial charge < -0.3 is 9.47 Å². The Kier molecular flexibility index (Phi) is 3.77. The first-order valence-electron chi connectivity index (χ1n) is 6.95. The zero-order chi connectivity index (χ0) is 15.0. The van der Waals surface area contributed by atoms with E-state index in [0.29, 0.717) is 0 Å². The number of hydrogen-bond acceptors (Lipinski definition) is 5. The standard InChI is InChI=1S/C14H19N5OS/c1-10-15-16-13-12(14(20)17(2)3)18(6-7-19(10)13)9-11-5-4-8-21-11/h4-5,8,12H,6-7,9H2,1-3H3. The molecule has 0 aliphatic carbocycles. The average Bonchev–Trinajstić information content (AvgIpc) is 3.08. The highest BCUT2D eigenvalue weighted by Gasteiger charge is 2.37. The Bertz CT molecular complexity index is 634. The maximum absolute atomic E-state index is 12.6. The maximum Gasteiger partial charge on any atom is 0.247 e. The van der Waals surface area contributed by atoms with Crippen LogP contribution in [0.15, 0.2) is 17.5 Å². The lowest BCUT2D eigenvalue weighted by Crippen LogP contribution is -2.45. The van der Waals surface area contributed by atoms with E-state index in [1.807, 2.05) is 13.0 Å². The van der Waals surface area contributed by atoms with Crippen LogP contribution in [0.1, 0.15) is 22.6 Å². The van der Waals surface area contributed by atoms with Crippen molar-refractivity contribution in [2.75, 3.05) is 20.6 Å². The summed E-state index contributed by atoms with van der Waals surface area (Å²) >= 11 is 1.72. The SMILES string of the molecule is Cc1nnc2n1CCN(Cc1cccs1)C2C(=O)N(C)C. The van der Waals surface area contributed by atoms with Gasteiger partial charge in [-0.15, -0.1) is 21.5 Å². The van der Waals surface area contributed by atoms with E-state index < -0.39 is 0 Å². The molecule has 0 saturated heterocycles. The molecule has 3 rings (SSSR count). The Balaban J connectivity index is 1.94. The number of amides is 1. The van der Waals surface area contributed by atoms with E-state index in [4.69, 9.17) is 0 Å². The van der Waals surface area contributed by atoms with Gasteiger partial charge in [-0.2, -0.15) is 0 Å². The fraction of sp³-hybridized carbons (Fsp3) is 0.500. The van der Waals surface area contributed by atoms with Gasteiger partial charge in [0.05, 0.1) is 0 Å². The van der Waals surface area contributed by atoms with Crippen molar-refractivity contribution < 1.29 is 4.79 Å². The minimum absolute atomic E-state index is 0.0555. The molecule has 21 heavy (non-hydrogen) atoms. The molecule has 112 valence electrons. The van der Waals surface area contributed by atoms with Gasteiger partial charge in [-0.3, -0.25) is 9.69 Å². The lowest BCUT2D eigenvalue weighted by atomic mass is 10.1. The van der Waals surface area contributed by atoms with Crippen LogP contribution in [0.4, 0.5) is 0 Å². The van der Waals surface area contributed by atoms with Gasteiger partial charge in [0.25, 0.3) is 0 Å². The molecule has 0 aromatic carbocycles. The number of hydrogen-bond donors (Lipinski definition) is 0. The number of thiophene rings is 1. The fourth-order valence-corrected chi connectivity index (χ4v) is 3.41. The van der Waals surface area contributed by atoms with Crippen LogP contribution in [0.3, 0.4) is 0 Å². The first kappa shape index (κ1) is 14.2. The van der Waals surface area contributed by atoms with Gasteiger partial charge in [-0.1, -0.05) is 6.07 Å². The van der Waals surface area contributed by atoms with Crippen molar-refractivity contribution in [3.05, 3.63) is 34.0 Å². The lowest BCUT2D eigenvalue weighted by molar-refractivity contribution is -0.136. The number of carbonyl (C=O) groups is 1. The predicted octanol–water partition coefficient (Wildman–Crippen LogP) is 1.29. The summed E-state index contributed by atoms with van der Waals surface area (Å²) in [5, 5.41) is 10.5. The van der Waals surface area contributed by atoms with Gasteiger partial charge in [0.2, 0.25) is 5.91 Å². The minimum Gasteiger partial charge on any atom is -0.347 e. The van der Waals surface area contributed by atoms with Crippen LogP contribution >= 0.6 is 11.3 Å². The Hall–Kier alpha value is -1.73. The van der Waals surface area contributed by atoms with Crippen LogP contribution in [-0.4, -0.2) is 51.1 Å². The van der Waals surface area contributed by atoms with Crippen molar-refractivity contribution in [1.82, 2.24) is 24.6 Å². The number of aromatic nitrogens is 3. The second-order valence-corrected chi connectivity index (χ2v) is 6.47. The van der Waals surface area contributed by atoms with Crippen molar-refractivity contribution in [1.29, 1.82) is 0 Å². The highest BCUT2D eigenvalue weighted by molar-refractivity contribution is 7.09. The zero-order valence-electron chi connectivity index (χ0n) is 12.5. The highest BCUT2D eigenvalue weighted by Crippen LogP contribution is 2.28. The third-order valence-corrected chi connectivity index (χ3v) is 4.66. The summed E-state index contributed by atoms with van der Waals surface area (Å²) < 4.78 is 2.05. The highest BCUT2D eigenvalue weighted by atomic mass is 32.1. The third-order valence-electron chi connectivity index (χ3n) is 3.80. The number of fused-ring (bicyclic) bond motifs is 1. The van der Waals surface area contributed by atoms with Crippen molar-refractivity contribution in [2.24, 2.45) is 0 Å². The van der Waals surface area contributed by atoms with Crippen LogP contribution in [-0.2, 0) is 17.9 Å². The van der Waals surface area contributed by atoms with Crippen molar-refractivity contribution in [3.63, 3.8) is 0 Å². The van der Waals surface area contributed by atoms with E-state index >= 15 is 0 Å². The smallest absolute Gasteiger partial charge is 0.247 e. The molecule has 0 radical (unpaired) electrons. The van der Waals surface area contributed by atoms with E-state index in [2.05, 4.69) is 31.1 Å². The topological polar surface area (TPSA) is 54.3 Å². The van der Waals surface area contributed by atoms with Crippen LogP contribution < -0.4 is 0 Å². The largest absolute Gasteiger partial charge is 0.347 e. The molecule has 0 bridgehead atoms. The molecule has 1 unspecified atom stereocenters. The van der Waals surface area contributed by atoms with Gasteiger partial charge in [-0.25, -0.2) is 0 Å². The normalized spacial score (nSPS) is 18.5. The van der Waals surface area contributed by atoms with Crippen LogP contribution in [0.5, 0.6) is 0 Å². The Morgan fingerprint density at radius 3 is 2.90 bits per heavy atom. The summed E-state index contributed by atoms with van der Waals surface area (Å²) in [7, 11) is 3.57. The molecule has 1 aliphatic rings. The molecular weight excluding hydrogens is 286 g/mol. The Morgan fingerprint density at radius 2 is 2.24 bits per heavy atom. The van der Waals surface area contributed by atoms with Crippen molar-refractivity contribution in [3.8, 4) is 0 Å². The molecular formula is C14H19N5OS. The van der Waals surface area contributed by atoms with Crippen LogP contribution in [0.25, 0.3) is 0 Å². The summed E-state index contributed by atoms with van der Waals surface area (Å²) in [6.07, 6.45) is 0. The zero-order valence-corrected chi connectivity index (χ0v) is 13.3. The fourth-order valence-electron chi connectivity index (χ4n) is 2.68. The molecule has 3 heterocycles. The molecule has 1 atom stereocenters. The second-order valence-electron chi connectivity index (χ2n) is 5.44. The van der Waals surface area contributed by atoms with E-state index in [0.717, 1.165) is 31.3 Å². The van der Waals surface area contributed by atoms with E-state index in [9.17, 15) is 4.79 Å². The molecule has 6 nitrogen and oxygen atoms in total. The minimum atomic E-state index is -0.350. The Labute approximate surface area is 128 Å². The van der Waals surface area contributed by atoms with Crippen LogP contribution in [0.2, 0.25) is 0 Å². The average molecular weight is 305 g/mol. The molecule has 0 spiro atoms. The third kappa shape index (κ3) is 2.58. The summed E-state index contributed by atoms with van der Waals surface area (Å²) in [4.78, 5) is 17.7. The molecule has 2 aromatic rings. The maximum atomic E-state index is 12.6. The second kappa shape index (κ2) is 5.57.